The number of hydrogen-bond acceptors (Lipinski definition) is 3. The fraction of sp³-hybridized carbons (Fsp3) is 0.571. The molecule has 0 aliphatic carbocycles. The number of aliphatic hydroxyl groups excluding tert-OH is 1. The average Bonchev–Trinajstić information content (AvgIpc) is 2.80. The van der Waals surface area contributed by atoms with Gasteiger partial charge in [0.15, 0.2) is 0 Å². The lowest BCUT2D eigenvalue weighted by Crippen LogP contribution is -2.24. The van der Waals surface area contributed by atoms with Crippen LogP contribution in [0.4, 0.5) is 4.39 Å². The maximum absolute atomic E-state index is 13.3. The van der Waals surface area contributed by atoms with Gasteiger partial charge in [0.25, 0.3) is 0 Å². The largest absolute Gasteiger partial charge is 0.393 e. The molecular weight excluding hydrogens is 231 g/mol. The van der Waals surface area contributed by atoms with Crippen LogP contribution < -0.4 is 5.73 Å². The van der Waals surface area contributed by atoms with Crippen LogP contribution in [-0.2, 0) is 13.1 Å². The van der Waals surface area contributed by atoms with E-state index in [2.05, 4.69) is 4.90 Å². The summed E-state index contributed by atoms with van der Waals surface area (Å²) in [6.45, 7) is 4.78. The highest BCUT2D eigenvalue weighted by Gasteiger charge is 2.25. The fourth-order valence-corrected chi connectivity index (χ4v) is 2.54. The van der Waals surface area contributed by atoms with E-state index in [-0.39, 0.29) is 18.5 Å². The van der Waals surface area contributed by atoms with Crippen LogP contribution in [0.15, 0.2) is 18.2 Å². The number of nitrogens with zero attached hydrogens (tertiary/aromatic N) is 1. The van der Waals surface area contributed by atoms with Gasteiger partial charge in [0.05, 0.1) is 6.10 Å². The van der Waals surface area contributed by atoms with Crippen molar-refractivity contribution in [3.05, 3.63) is 35.1 Å². The molecule has 2 atom stereocenters. The van der Waals surface area contributed by atoms with Gasteiger partial charge in [-0.1, -0.05) is 12.1 Å². The first kappa shape index (κ1) is 13.5. The Morgan fingerprint density at radius 1 is 1.56 bits per heavy atom. The average molecular weight is 252 g/mol. The monoisotopic (exact) mass is 252 g/mol. The van der Waals surface area contributed by atoms with Crippen molar-refractivity contribution < 1.29 is 9.50 Å². The van der Waals surface area contributed by atoms with Crippen LogP contribution in [0.1, 0.15) is 24.5 Å². The summed E-state index contributed by atoms with van der Waals surface area (Å²) in [5, 5.41) is 9.56. The maximum Gasteiger partial charge on any atom is 0.127 e. The van der Waals surface area contributed by atoms with Gasteiger partial charge in [0.2, 0.25) is 0 Å². The minimum atomic E-state index is -0.247. The van der Waals surface area contributed by atoms with Crippen LogP contribution in [-0.4, -0.2) is 29.2 Å². The molecule has 1 aromatic carbocycles. The van der Waals surface area contributed by atoms with Crippen LogP contribution in [0.2, 0.25) is 0 Å². The van der Waals surface area contributed by atoms with Gasteiger partial charge in [-0.15, -0.1) is 0 Å². The fourth-order valence-electron chi connectivity index (χ4n) is 2.54. The highest BCUT2D eigenvalue weighted by atomic mass is 19.1. The van der Waals surface area contributed by atoms with E-state index in [0.717, 1.165) is 31.6 Å². The Balaban J connectivity index is 1.98. The van der Waals surface area contributed by atoms with Crippen molar-refractivity contribution in [2.75, 3.05) is 13.1 Å². The third-order valence-corrected chi connectivity index (χ3v) is 3.73. The first-order chi connectivity index (χ1) is 8.60. The lowest BCUT2D eigenvalue weighted by atomic mass is 10.0. The van der Waals surface area contributed by atoms with Crippen molar-refractivity contribution in [3.63, 3.8) is 0 Å². The molecule has 2 unspecified atom stereocenters. The molecule has 0 aromatic heterocycles. The third kappa shape index (κ3) is 3.07. The molecule has 1 heterocycles. The zero-order valence-electron chi connectivity index (χ0n) is 10.8. The predicted molar refractivity (Wildman–Crippen MR) is 69.4 cm³/mol. The van der Waals surface area contributed by atoms with Gasteiger partial charge >= 0.3 is 0 Å². The van der Waals surface area contributed by atoms with Gasteiger partial charge < -0.3 is 10.8 Å². The van der Waals surface area contributed by atoms with Crippen molar-refractivity contribution >= 4 is 0 Å². The van der Waals surface area contributed by atoms with E-state index in [1.165, 1.54) is 6.07 Å². The van der Waals surface area contributed by atoms with E-state index >= 15 is 0 Å². The Kier molecular flexibility index (Phi) is 4.32. The smallest absolute Gasteiger partial charge is 0.127 e. The molecule has 0 radical (unpaired) electrons. The Morgan fingerprint density at radius 2 is 2.33 bits per heavy atom. The Morgan fingerprint density at radius 3 is 2.94 bits per heavy atom. The second kappa shape index (κ2) is 5.78. The summed E-state index contributed by atoms with van der Waals surface area (Å²) in [4.78, 5) is 2.30. The molecule has 0 spiro atoms. The molecule has 3 nitrogen and oxygen atoms in total. The van der Waals surface area contributed by atoms with E-state index in [9.17, 15) is 9.50 Å². The molecule has 2 rings (SSSR count). The quantitative estimate of drug-likeness (QED) is 0.853. The molecule has 1 aliphatic heterocycles. The van der Waals surface area contributed by atoms with Crippen molar-refractivity contribution in [2.45, 2.75) is 32.5 Å². The molecule has 1 aromatic rings. The summed E-state index contributed by atoms with van der Waals surface area (Å²) in [7, 11) is 0. The minimum Gasteiger partial charge on any atom is -0.393 e. The van der Waals surface area contributed by atoms with E-state index in [1.807, 2.05) is 19.1 Å². The van der Waals surface area contributed by atoms with Gasteiger partial charge in [-0.2, -0.15) is 0 Å². The van der Waals surface area contributed by atoms with Crippen LogP contribution >= 0.6 is 0 Å². The third-order valence-electron chi connectivity index (χ3n) is 3.73. The van der Waals surface area contributed by atoms with E-state index in [4.69, 9.17) is 5.73 Å². The van der Waals surface area contributed by atoms with Crippen molar-refractivity contribution in [2.24, 2.45) is 11.7 Å². The second-order valence-corrected chi connectivity index (χ2v) is 5.15. The van der Waals surface area contributed by atoms with Gasteiger partial charge in [0.1, 0.15) is 5.82 Å². The Hall–Kier alpha value is -0.970. The number of aliphatic hydroxyl groups is 1. The predicted octanol–water partition coefficient (Wildman–Crippen LogP) is 1.49. The summed E-state index contributed by atoms with van der Waals surface area (Å²) in [5.41, 5.74) is 7.16. The van der Waals surface area contributed by atoms with Gasteiger partial charge in [0, 0.05) is 25.2 Å². The minimum absolute atomic E-state index is 0.232. The Labute approximate surface area is 107 Å². The van der Waals surface area contributed by atoms with Gasteiger partial charge in [-0.25, -0.2) is 4.39 Å². The molecule has 18 heavy (non-hydrogen) atoms. The normalized spacial score (nSPS) is 22.3. The summed E-state index contributed by atoms with van der Waals surface area (Å²) in [5.74, 6) is 0.129. The molecule has 100 valence electrons. The molecule has 0 amide bonds. The van der Waals surface area contributed by atoms with Gasteiger partial charge in [-0.3, -0.25) is 4.90 Å². The number of halogens is 1. The zero-order chi connectivity index (χ0) is 13.1. The highest BCUT2D eigenvalue weighted by Crippen LogP contribution is 2.22. The number of likely N-dealkylation sites (tertiary alicyclic amines) is 1. The SMILES string of the molecule is CC(O)C1CCN(Cc2ccc(F)c(CN)c2)C1. The van der Waals surface area contributed by atoms with Crippen LogP contribution in [0.25, 0.3) is 0 Å². The summed E-state index contributed by atoms with van der Waals surface area (Å²) in [6.07, 6.45) is 0.783. The first-order valence-corrected chi connectivity index (χ1v) is 6.48. The van der Waals surface area contributed by atoms with E-state index in [1.54, 1.807) is 0 Å². The van der Waals surface area contributed by atoms with E-state index < -0.39 is 0 Å². The summed E-state index contributed by atoms with van der Waals surface area (Å²) >= 11 is 0. The molecule has 1 saturated heterocycles. The molecule has 1 aliphatic rings. The lowest BCUT2D eigenvalue weighted by Gasteiger charge is -2.17. The molecule has 4 heteroatoms. The molecular formula is C14H21FN2O. The van der Waals surface area contributed by atoms with Crippen LogP contribution in [0.3, 0.4) is 0 Å². The maximum atomic E-state index is 13.3. The molecule has 1 fully saturated rings. The number of rotatable bonds is 4. The number of nitrogens with two attached hydrogens (primary N) is 1. The van der Waals surface area contributed by atoms with Crippen molar-refractivity contribution in [3.8, 4) is 0 Å². The topological polar surface area (TPSA) is 49.5 Å². The number of hydrogen-bond donors (Lipinski definition) is 2. The van der Waals surface area contributed by atoms with E-state index in [0.29, 0.717) is 11.5 Å². The standard InChI is InChI=1S/C14H21FN2O/c1-10(18)12-4-5-17(9-12)8-11-2-3-14(15)13(6-11)7-16/h2-3,6,10,12,18H,4-5,7-9,16H2,1H3. The summed E-state index contributed by atoms with van der Waals surface area (Å²) in [6, 6.07) is 5.13. The van der Waals surface area contributed by atoms with Crippen LogP contribution in [0.5, 0.6) is 0 Å². The number of benzene rings is 1. The van der Waals surface area contributed by atoms with Crippen LogP contribution in [0, 0.1) is 11.7 Å². The van der Waals surface area contributed by atoms with Crippen molar-refractivity contribution in [1.82, 2.24) is 4.90 Å². The molecule has 0 bridgehead atoms. The lowest BCUT2D eigenvalue weighted by molar-refractivity contribution is 0.127. The van der Waals surface area contributed by atoms with Crippen molar-refractivity contribution in [1.29, 1.82) is 0 Å². The van der Waals surface area contributed by atoms with Gasteiger partial charge in [-0.05, 0) is 37.4 Å². The summed E-state index contributed by atoms with van der Waals surface area (Å²) < 4.78 is 13.3. The highest BCUT2D eigenvalue weighted by molar-refractivity contribution is 5.25. The second-order valence-electron chi connectivity index (χ2n) is 5.15. The molecule has 0 saturated carbocycles. The molecule has 3 N–H and O–H groups in total. The first-order valence-electron chi connectivity index (χ1n) is 6.48. The zero-order valence-corrected chi connectivity index (χ0v) is 10.8. The Bertz CT molecular complexity index is 409.